The van der Waals surface area contributed by atoms with Crippen molar-refractivity contribution < 1.29 is 19.4 Å². The van der Waals surface area contributed by atoms with Gasteiger partial charge in [0.2, 0.25) is 0 Å². The number of aliphatic hydroxyl groups is 1. The van der Waals surface area contributed by atoms with Gasteiger partial charge in [0.1, 0.15) is 5.76 Å². The Labute approximate surface area is 151 Å². The number of hydrogen-bond donors (Lipinski definition) is 1. The third-order valence-corrected chi connectivity index (χ3v) is 3.89. The Bertz CT molecular complexity index is 518. The summed E-state index contributed by atoms with van der Waals surface area (Å²) in [6.07, 6.45) is 3.34. The summed E-state index contributed by atoms with van der Waals surface area (Å²) in [5, 5.41) is 10.4. The third-order valence-electron chi connectivity index (χ3n) is 3.89. The van der Waals surface area contributed by atoms with Crippen molar-refractivity contribution in [2.45, 2.75) is 47.0 Å². The first-order valence-electron chi connectivity index (χ1n) is 9.02. The molecule has 0 unspecified atom stereocenters. The maximum atomic E-state index is 12.5. The molecule has 1 rings (SSSR count). The number of rotatable bonds is 11. The van der Waals surface area contributed by atoms with Crippen LogP contribution in [-0.4, -0.2) is 49.6 Å². The Balaban J connectivity index is 2.67. The number of nitrogens with zero attached hydrogens (tertiary/aromatic N) is 1. The second kappa shape index (κ2) is 10.5. The van der Waals surface area contributed by atoms with E-state index in [1.807, 2.05) is 13.8 Å². The van der Waals surface area contributed by atoms with E-state index >= 15 is 0 Å². The number of hydrogen-bond acceptors (Lipinski definition) is 5. The lowest BCUT2D eigenvalue weighted by atomic mass is 9.75. The average Bonchev–Trinajstić information content (AvgIpc) is 2.47. The van der Waals surface area contributed by atoms with Crippen LogP contribution in [0.5, 0.6) is 0 Å². The molecule has 0 aliphatic heterocycles. The first-order valence-corrected chi connectivity index (χ1v) is 9.02. The molecular formula is C20H33NO4. The van der Waals surface area contributed by atoms with Gasteiger partial charge in [-0.05, 0) is 17.8 Å². The van der Waals surface area contributed by atoms with Gasteiger partial charge in [-0.3, -0.25) is 9.79 Å². The van der Waals surface area contributed by atoms with Crippen LogP contribution in [0.2, 0.25) is 0 Å². The van der Waals surface area contributed by atoms with Crippen molar-refractivity contribution in [3.8, 4) is 0 Å². The summed E-state index contributed by atoms with van der Waals surface area (Å²) in [6, 6.07) is 0. The fourth-order valence-corrected chi connectivity index (χ4v) is 2.88. The number of ketones is 1. The molecule has 0 aromatic carbocycles. The summed E-state index contributed by atoms with van der Waals surface area (Å²) in [6.45, 7) is 14.2. The highest BCUT2D eigenvalue weighted by Gasteiger charge is 2.35. The monoisotopic (exact) mass is 351 g/mol. The van der Waals surface area contributed by atoms with E-state index in [9.17, 15) is 9.90 Å². The molecule has 0 atom stereocenters. The lowest BCUT2D eigenvalue weighted by Crippen LogP contribution is -2.30. The van der Waals surface area contributed by atoms with Crippen molar-refractivity contribution in [1.82, 2.24) is 0 Å². The van der Waals surface area contributed by atoms with Gasteiger partial charge in [0.15, 0.2) is 5.78 Å². The Morgan fingerprint density at radius 2 is 1.96 bits per heavy atom. The number of carbonyl (C=O) groups is 1. The Kier molecular flexibility index (Phi) is 9.08. The number of Topliss-reactive ketones (excluding diaryl/α,β-unsaturated/α-hetero) is 1. The minimum Gasteiger partial charge on any atom is -0.511 e. The molecule has 5 heteroatoms. The van der Waals surface area contributed by atoms with E-state index in [1.54, 1.807) is 6.08 Å². The molecule has 25 heavy (non-hydrogen) atoms. The topological polar surface area (TPSA) is 68.1 Å². The lowest BCUT2D eigenvalue weighted by Gasteiger charge is -2.30. The normalized spacial score (nSPS) is 18.1. The largest absolute Gasteiger partial charge is 0.511 e. The molecule has 0 aromatic rings. The van der Waals surface area contributed by atoms with Crippen molar-refractivity contribution in [3.63, 3.8) is 0 Å². The average molecular weight is 351 g/mol. The van der Waals surface area contributed by atoms with Crippen LogP contribution in [-0.2, 0) is 14.3 Å². The molecule has 0 bridgehead atoms. The molecule has 0 fully saturated rings. The molecule has 0 amide bonds. The predicted molar refractivity (Wildman–Crippen MR) is 101 cm³/mol. The van der Waals surface area contributed by atoms with Crippen LogP contribution in [0.4, 0.5) is 0 Å². The maximum Gasteiger partial charge on any atom is 0.168 e. The lowest BCUT2D eigenvalue weighted by molar-refractivity contribution is -0.117. The standard InChI is InChI=1S/C20H33NO4/c1-6-8-24-10-11-25-9-7-21-16(12-15(2)3)19-17(22)13-20(4,5)14-18(19)23/h6,15,22H,1,7-14H2,2-5H3. The summed E-state index contributed by atoms with van der Waals surface area (Å²) in [5.41, 5.74) is 0.948. The molecule has 0 saturated heterocycles. The van der Waals surface area contributed by atoms with E-state index in [4.69, 9.17) is 9.47 Å². The predicted octanol–water partition coefficient (Wildman–Crippen LogP) is 3.89. The number of carbonyl (C=O) groups excluding carboxylic acids is 1. The quantitative estimate of drug-likeness (QED) is 0.348. The van der Waals surface area contributed by atoms with Gasteiger partial charge in [-0.1, -0.05) is 33.8 Å². The summed E-state index contributed by atoms with van der Waals surface area (Å²) in [4.78, 5) is 17.1. The van der Waals surface area contributed by atoms with Crippen molar-refractivity contribution in [2.24, 2.45) is 16.3 Å². The number of ether oxygens (including phenoxy) is 2. The minimum atomic E-state index is -0.192. The molecule has 1 N–H and O–H groups in total. The van der Waals surface area contributed by atoms with Crippen molar-refractivity contribution in [1.29, 1.82) is 0 Å². The zero-order valence-electron chi connectivity index (χ0n) is 16.1. The first-order chi connectivity index (χ1) is 11.8. The number of allylic oxidation sites excluding steroid dienone is 2. The Morgan fingerprint density at radius 3 is 2.56 bits per heavy atom. The van der Waals surface area contributed by atoms with E-state index in [0.29, 0.717) is 69.4 Å². The van der Waals surface area contributed by atoms with Gasteiger partial charge in [0.05, 0.1) is 38.5 Å². The van der Waals surface area contributed by atoms with Crippen LogP contribution in [0, 0.1) is 11.3 Å². The first kappa shape index (κ1) is 21.6. The maximum absolute atomic E-state index is 12.5. The minimum absolute atomic E-state index is 0.00751. The van der Waals surface area contributed by atoms with E-state index in [2.05, 4.69) is 25.4 Å². The second-order valence-corrected chi connectivity index (χ2v) is 7.66. The van der Waals surface area contributed by atoms with Crippen LogP contribution in [0.3, 0.4) is 0 Å². The summed E-state index contributed by atoms with van der Waals surface area (Å²) < 4.78 is 10.7. The van der Waals surface area contributed by atoms with Gasteiger partial charge >= 0.3 is 0 Å². The third kappa shape index (κ3) is 7.97. The SMILES string of the molecule is C=CCOCCOCCN=C(CC(C)C)C1=C(O)CC(C)(C)CC1=O. The molecule has 0 spiro atoms. The van der Waals surface area contributed by atoms with Crippen molar-refractivity contribution >= 4 is 11.5 Å². The number of aliphatic imine (C=N–C) groups is 1. The van der Waals surface area contributed by atoms with Crippen LogP contribution >= 0.6 is 0 Å². The smallest absolute Gasteiger partial charge is 0.168 e. The number of aliphatic hydroxyl groups excluding tert-OH is 1. The highest BCUT2D eigenvalue weighted by Crippen LogP contribution is 2.36. The zero-order valence-corrected chi connectivity index (χ0v) is 16.1. The summed E-state index contributed by atoms with van der Waals surface area (Å²) in [7, 11) is 0. The van der Waals surface area contributed by atoms with Crippen LogP contribution in [0.25, 0.3) is 0 Å². The van der Waals surface area contributed by atoms with Crippen LogP contribution < -0.4 is 0 Å². The van der Waals surface area contributed by atoms with Gasteiger partial charge < -0.3 is 14.6 Å². The van der Waals surface area contributed by atoms with Crippen LogP contribution in [0.1, 0.15) is 47.0 Å². The zero-order chi connectivity index (χ0) is 18.9. The molecule has 5 nitrogen and oxygen atoms in total. The van der Waals surface area contributed by atoms with Gasteiger partial charge in [-0.25, -0.2) is 0 Å². The van der Waals surface area contributed by atoms with Gasteiger partial charge in [0, 0.05) is 18.6 Å². The molecular weight excluding hydrogens is 318 g/mol. The van der Waals surface area contributed by atoms with Crippen molar-refractivity contribution in [2.75, 3.05) is 33.0 Å². The molecule has 0 heterocycles. The van der Waals surface area contributed by atoms with Crippen molar-refractivity contribution in [3.05, 3.63) is 24.0 Å². The summed E-state index contributed by atoms with van der Waals surface area (Å²) >= 11 is 0. The van der Waals surface area contributed by atoms with E-state index in [1.165, 1.54) is 0 Å². The molecule has 142 valence electrons. The Hall–Kier alpha value is -1.46. The van der Waals surface area contributed by atoms with Gasteiger partial charge in [0.25, 0.3) is 0 Å². The highest BCUT2D eigenvalue weighted by atomic mass is 16.5. The van der Waals surface area contributed by atoms with Crippen LogP contribution in [0.15, 0.2) is 29.0 Å². The van der Waals surface area contributed by atoms with E-state index in [0.717, 1.165) is 0 Å². The second-order valence-electron chi connectivity index (χ2n) is 7.66. The van der Waals surface area contributed by atoms with E-state index < -0.39 is 0 Å². The summed E-state index contributed by atoms with van der Waals surface area (Å²) in [5.74, 6) is 0.529. The molecule has 1 aliphatic rings. The fraction of sp³-hybridized carbons (Fsp3) is 0.700. The van der Waals surface area contributed by atoms with E-state index in [-0.39, 0.29) is 17.0 Å². The molecule has 0 saturated carbocycles. The highest BCUT2D eigenvalue weighted by molar-refractivity contribution is 6.23. The molecule has 0 radical (unpaired) electrons. The van der Waals surface area contributed by atoms with Gasteiger partial charge in [-0.2, -0.15) is 0 Å². The molecule has 1 aliphatic carbocycles. The molecule has 0 aromatic heterocycles. The van der Waals surface area contributed by atoms with Gasteiger partial charge in [-0.15, -0.1) is 6.58 Å². The Morgan fingerprint density at radius 1 is 1.28 bits per heavy atom. The fourth-order valence-electron chi connectivity index (χ4n) is 2.88.